The zero-order chi connectivity index (χ0) is 12.3. The van der Waals surface area contributed by atoms with E-state index in [0.717, 1.165) is 5.56 Å². The Kier molecular flexibility index (Phi) is 3.08. The van der Waals surface area contributed by atoms with Crippen LogP contribution in [0.2, 0.25) is 0 Å². The summed E-state index contributed by atoms with van der Waals surface area (Å²) in [5.74, 6) is 0.294. The molecule has 0 aliphatic heterocycles. The van der Waals surface area contributed by atoms with Gasteiger partial charge in [-0.3, -0.25) is 14.2 Å². The number of carbonyl (C=O) groups is 1. The predicted octanol–water partition coefficient (Wildman–Crippen LogP) is -0.485. The summed E-state index contributed by atoms with van der Waals surface area (Å²) in [5, 5.41) is 10.7. The number of carbonyl (C=O) groups excluding carboxylic acids is 1. The Balaban J connectivity index is 1.82. The third-order valence-corrected chi connectivity index (χ3v) is 2.21. The Morgan fingerprint density at radius 2 is 2.41 bits per heavy atom. The number of aryl methyl sites for hydroxylation is 1. The molecule has 0 spiro atoms. The number of anilines is 1. The molecule has 2 aromatic rings. The molecular weight excluding hydrogens is 220 g/mol. The van der Waals surface area contributed by atoms with E-state index in [0.29, 0.717) is 12.4 Å². The number of nitrogens with two attached hydrogens (primary N) is 1. The maximum Gasteiger partial charge on any atom is 0.242 e. The van der Waals surface area contributed by atoms with Crippen molar-refractivity contribution in [3.05, 3.63) is 30.2 Å². The maximum absolute atomic E-state index is 11.6. The summed E-state index contributed by atoms with van der Waals surface area (Å²) in [6.07, 6.45) is 5.23. The number of nitrogens with one attached hydrogen (secondary N) is 1. The summed E-state index contributed by atoms with van der Waals surface area (Å²) in [5.41, 5.74) is 6.41. The zero-order valence-corrected chi connectivity index (χ0v) is 9.50. The van der Waals surface area contributed by atoms with Gasteiger partial charge in [-0.05, 0) is 6.07 Å². The number of amides is 1. The van der Waals surface area contributed by atoms with Crippen LogP contribution in [-0.2, 0) is 24.9 Å². The quantitative estimate of drug-likeness (QED) is 0.747. The fraction of sp³-hybridized carbons (Fsp3) is 0.300. The van der Waals surface area contributed by atoms with Gasteiger partial charge >= 0.3 is 0 Å². The molecular formula is C10H14N6O. The standard InChI is InChI=1S/C10H14N6O/c1-15-6-8(5-13-15)4-12-10(17)7-16-3-2-9(11)14-16/h2-3,5-6H,4,7H2,1H3,(H2,11,14)(H,12,17). The summed E-state index contributed by atoms with van der Waals surface area (Å²) < 4.78 is 3.18. The van der Waals surface area contributed by atoms with Crippen LogP contribution < -0.4 is 11.1 Å². The van der Waals surface area contributed by atoms with Crippen molar-refractivity contribution < 1.29 is 4.79 Å². The van der Waals surface area contributed by atoms with Gasteiger partial charge in [-0.1, -0.05) is 0 Å². The monoisotopic (exact) mass is 234 g/mol. The molecule has 2 aromatic heterocycles. The van der Waals surface area contributed by atoms with Crippen LogP contribution >= 0.6 is 0 Å². The van der Waals surface area contributed by atoms with E-state index in [-0.39, 0.29) is 12.5 Å². The number of nitrogens with zero attached hydrogens (tertiary/aromatic N) is 4. The van der Waals surface area contributed by atoms with Crippen molar-refractivity contribution in [3.8, 4) is 0 Å². The molecule has 7 nitrogen and oxygen atoms in total. The third-order valence-electron chi connectivity index (χ3n) is 2.21. The van der Waals surface area contributed by atoms with Crippen LogP contribution in [0.3, 0.4) is 0 Å². The summed E-state index contributed by atoms with van der Waals surface area (Å²) in [6, 6.07) is 1.65. The summed E-state index contributed by atoms with van der Waals surface area (Å²) >= 11 is 0. The molecule has 0 fully saturated rings. The second-order valence-electron chi connectivity index (χ2n) is 3.74. The smallest absolute Gasteiger partial charge is 0.242 e. The van der Waals surface area contributed by atoms with Gasteiger partial charge in [-0.2, -0.15) is 10.2 Å². The van der Waals surface area contributed by atoms with E-state index in [9.17, 15) is 4.79 Å². The van der Waals surface area contributed by atoms with Gasteiger partial charge in [0.2, 0.25) is 5.91 Å². The van der Waals surface area contributed by atoms with Crippen LogP contribution in [0.25, 0.3) is 0 Å². The van der Waals surface area contributed by atoms with Crippen molar-refractivity contribution in [2.45, 2.75) is 13.1 Å². The topological polar surface area (TPSA) is 90.8 Å². The lowest BCUT2D eigenvalue weighted by atomic mass is 10.3. The Labute approximate surface area is 98.2 Å². The first-order valence-electron chi connectivity index (χ1n) is 5.16. The molecule has 2 rings (SSSR count). The molecule has 3 N–H and O–H groups in total. The minimum absolute atomic E-state index is 0.114. The van der Waals surface area contributed by atoms with Gasteiger partial charge < -0.3 is 11.1 Å². The van der Waals surface area contributed by atoms with Crippen LogP contribution in [-0.4, -0.2) is 25.5 Å². The van der Waals surface area contributed by atoms with Crippen LogP contribution in [0.1, 0.15) is 5.56 Å². The minimum Gasteiger partial charge on any atom is -0.382 e. The number of rotatable bonds is 4. The average molecular weight is 234 g/mol. The Morgan fingerprint density at radius 1 is 1.59 bits per heavy atom. The van der Waals surface area contributed by atoms with Crippen molar-refractivity contribution in [3.63, 3.8) is 0 Å². The number of hydrogen-bond acceptors (Lipinski definition) is 4. The molecule has 0 saturated heterocycles. The molecule has 1 amide bonds. The van der Waals surface area contributed by atoms with Gasteiger partial charge in [0.05, 0.1) is 6.20 Å². The molecule has 90 valence electrons. The summed E-state index contributed by atoms with van der Waals surface area (Å²) in [6.45, 7) is 0.626. The molecule has 0 aromatic carbocycles. The molecule has 0 bridgehead atoms. The molecule has 0 saturated carbocycles. The molecule has 0 atom stereocenters. The number of hydrogen-bond donors (Lipinski definition) is 2. The van der Waals surface area contributed by atoms with Crippen LogP contribution in [0.15, 0.2) is 24.7 Å². The van der Waals surface area contributed by atoms with Gasteiger partial charge in [0.25, 0.3) is 0 Å². The highest BCUT2D eigenvalue weighted by Gasteiger charge is 2.04. The highest BCUT2D eigenvalue weighted by Crippen LogP contribution is 1.97. The highest BCUT2D eigenvalue weighted by molar-refractivity contribution is 5.75. The van der Waals surface area contributed by atoms with Crippen molar-refractivity contribution in [1.29, 1.82) is 0 Å². The van der Waals surface area contributed by atoms with Crippen molar-refractivity contribution >= 4 is 11.7 Å². The first-order chi connectivity index (χ1) is 8.13. The minimum atomic E-state index is -0.114. The van der Waals surface area contributed by atoms with E-state index in [2.05, 4.69) is 15.5 Å². The molecule has 2 heterocycles. The van der Waals surface area contributed by atoms with E-state index >= 15 is 0 Å². The van der Waals surface area contributed by atoms with E-state index in [4.69, 9.17) is 5.73 Å². The van der Waals surface area contributed by atoms with E-state index in [1.807, 2.05) is 13.2 Å². The highest BCUT2D eigenvalue weighted by atomic mass is 16.2. The molecule has 0 aliphatic rings. The molecule has 0 unspecified atom stereocenters. The second-order valence-corrected chi connectivity index (χ2v) is 3.74. The number of nitrogen functional groups attached to an aromatic ring is 1. The average Bonchev–Trinajstić information content (AvgIpc) is 2.85. The first-order valence-corrected chi connectivity index (χ1v) is 5.16. The van der Waals surface area contributed by atoms with E-state index in [1.165, 1.54) is 4.68 Å². The van der Waals surface area contributed by atoms with Gasteiger partial charge in [-0.25, -0.2) is 0 Å². The predicted molar refractivity (Wildman–Crippen MR) is 61.7 cm³/mol. The largest absolute Gasteiger partial charge is 0.382 e. The molecule has 0 aliphatic carbocycles. The summed E-state index contributed by atoms with van der Waals surface area (Å²) in [4.78, 5) is 11.6. The zero-order valence-electron chi connectivity index (χ0n) is 9.50. The number of aromatic nitrogens is 4. The van der Waals surface area contributed by atoms with Crippen molar-refractivity contribution in [1.82, 2.24) is 24.9 Å². The van der Waals surface area contributed by atoms with Crippen molar-refractivity contribution in [2.24, 2.45) is 7.05 Å². The lowest BCUT2D eigenvalue weighted by molar-refractivity contribution is -0.122. The van der Waals surface area contributed by atoms with Crippen molar-refractivity contribution in [2.75, 3.05) is 5.73 Å². The molecule has 17 heavy (non-hydrogen) atoms. The van der Waals surface area contributed by atoms with Crippen LogP contribution in [0.4, 0.5) is 5.82 Å². The normalized spacial score (nSPS) is 10.4. The Morgan fingerprint density at radius 3 is 3.00 bits per heavy atom. The van der Waals surface area contributed by atoms with Gasteiger partial charge in [-0.15, -0.1) is 0 Å². The fourth-order valence-electron chi connectivity index (χ4n) is 1.43. The maximum atomic E-state index is 11.6. The lowest BCUT2D eigenvalue weighted by Crippen LogP contribution is -2.27. The Hall–Kier alpha value is -2.31. The summed E-state index contributed by atoms with van der Waals surface area (Å²) in [7, 11) is 1.83. The second kappa shape index (κ2) is 4.69. The Bertz CT molecular complexity index is 514. The van der Waals surface area contributed by atoms with Crippen LogP contribution in [0, 0.1) is 0 Å². The molecule has 0 radical (unpaired) electrons. The molecule has 7 heteroatoms. The third kappa shape index (κ3) is 3.07. The lowest BCUT2D eigenvalue weighted by Gasteiger charge is -2.03. The van der Waals surface area contributed by atoms with Gasteiger partial charge in [0.1, 0.15) is 12.4 Å². The van der Waals surface area contributed by atoms with Gasteiger partial charge in [0.15, 0.2) is 0 Å². The fourth-order valence-corrected chi connectivity index (χ4v) is 1.43. The first kappa shape index (κ1) is 11.2. The van der Waals surface area contributed by atoms with Crippen LogP contribution in [0.5, 0.6) is 0 Å². The van der Waals surface area contributed by atoms with E-state index in [1.54, 1.807) is 23.1 Å². The SMILES string of the molecule is Cn1cc(CNC(=O)Cn2ccc(N)n2)cn1. The van der Waals surface area contributed by atoms with Gasteiger partial charge in [0, 0.05) is 31.5 Å². The van der Waals surface area contributed by atoms with E-state index < -0.39 is 0 Å².